The fourth-order valence-corrected chi connectivity index (χ4v) is 3.32. The number of thiazole rings is 1. The molecule has 0 spiro atoms. The van der Waals surface area contributed by atoms with Crippen LogP contribution in [-0.4, -0.2) is 17.5 Å². The van der Waals surface area contributed by atoms with Gasteiger partial charge in [-0.3, -0.25) is 4.79 Å². The molecule has 1 aromatic heterocycles. The Hall–Kier alpha value is -2.66. The summed E-state index contributed by atoms with van der Waals surface area (Å²) in [5, 5.41) is 5.89. The number of benzene rings is 2. The number of rotatable bonds is 8. The third-order valence-corrected chi connectivity index (χ3v) is 4.78. The van der Waals surface area contributed by atoms with Crippen LogP contribution in [0.4, 0.5) is 0 Å². The average molecular weight is 366 g/mol. The lowest BCUT2D eigenvalue weighted by atomic mass is 10.1. The molecule has 3 rings (SSSR count). The van der Waals surface area contributed by atoms with Crippen molar-refractivity contribution in [1.29, 1.82) is 0 Å². The van der Waals surface area contributed by atoms with Crippen LogP contribution in [0.5, 0.6) is 5.75 Å². The quantitative estimate of drug-likeness (QED) is 0.640. The number of aryl methyl sites for hydroxylation is 1. The molecule has 0 aliphatic rings. The van der Waals surface area contributed by atoms with Gasteiger partial charge in [-0.25, -0.2) is 4.98 Å². The molecule has 0 unspecified atom stereocenters. The minimum atomic E-state index is 0.0374. The molecular weight excluding hydrogens is 344 g/mol. The minimum Gasteiger partial charge on any atom is -0.494 e. The summed E-state index contributed by atoms with van der Waals surface area (Å²) in [5.74, 6) is 0.897. The van der Waals surface area contributed by atoms with Gasteiger partial charge in [0.25, 0.3) is 0 Å². The normalized spacial score (nSPS) is 10.5. The Morgan fingerprint density at radius 1 is 1.12 bits per heavy atom. The predicted octanol–water partition coefficient (Wildman–Crippen LogP) is 4.46. The summed E-state index contributed by atoms with van der Waals surface area (Å²) in [6.07, 6.45) is 1.18. The predicted molar refractivity (Wildman–Crippen MR) is 105 cm³/mol. The molecule has 0 aliphatic heterocycles. The van der Waals surface area contributed by atoms with Crippen molar-refractivity contribution in [3.8, 4) is 17.0 Å². The van der Waals surface area contributed by atoms with E-state index in [0.717, 1.165) is 27.6 Å². The third kappa shape index (κ3) is 5.17. The molecule has 2 aromatic carbocycles. The Morgan fingerprint density at radius 3 is 2.62 bits per heavy atom. The highest BCUT2D eigenvalue weighted by atomic mass is 32.1. The first-order chi connectivity index (χ1) is 12.7. The van der Waals surface area contributed by atoms with Crippen LogP contribution in [0.15, 0.2) is 60.0 Å². The van der Waals surface area contributed by atoms with Gasteiger partial charge in [-0.05, 0) is 31.0 Å². The number of carbonyl (C=O) groups is 1. The lowest BCUT2D eigenvalue weighted by molar-refractivity contribution is -0.121. The van der Waals surface area contributed by atoms with E-state index in [-0.39, 0.29) is 5.91 Å². The number of carbonyl (C=O) groups excluding carboxylic acids is 1. The summed E-state index contributed by atoms with van der Waals surface area (Å²) in [5.41, 5.74) is 3.18. The van der Waals surface area contributed by atoms with Gasteiger partial charge in [0.05, 0.1) is 18.8 Å². The number of amides is 1. The molecule has 1 heterocycles. The van der Waals surface area contributed by atoms with Crippen LogP contribution in [0.2, 0.25) is 0 Å². The zero-order chi connectivity index (χ0) is 18.2. The molecule has 0 radical (unpaired) electrons. The zero-order valence-electron chi connectivity index (χ0n) is 14.8. The van der Waals surface area contributed by atoms with E-state index in [9.17, 15) is 4.79 Å². The molecule has 26 heavy (non-hydrogen) atoms. The van der Waals surface area contributed by atoms with Crippen molar-refractivity contribution in [1.82, 2.24) is 10.3 Å². The lowest BCUT2D eigenvalue weighted by Crippen LogP contribution is -2.22. The van der Waals surface area contributed by atoms with E-state index < -0.39 is 0 Å². The van der Waals surface area contributed by atoms with E-state index in [0.29, 0.717) is 26.0 Å². The lowest BCUT2D eigenvalue weighted by Gasteiger charge is -2.06. The Kier molecular flexibility index (Phi) is 6.39. The summed E-state index contributed by atoms with van der Waals surface area (Å²) in [7, 11) is 0. The molecule has 134 valence electrons. The fourth-order valence-electron chi connectivity index (χ4n) is 2.57. The van der Waals surface area contributed by atoms with Gasteiger partial charge >= 0.3 is 0 Å². The highest BCUT2D eigenvalue weighted by Crippen LogP contribution is 2.21. The van der Waals surface area contributed by atoms with Crippen LogP contribution in [0.3, 0.4) is 0 Å². The third-order valence-electron chi connectivity index (χ3n) is 3.93. The molecule has 1 amide bonds. The largest absolute Gasteiger partial charge is 0.494 e. The highest BCUT2D eigenvalue weighted by molar-refractivity contribution is 7.09. The first-order valence-corrected chi connectivity index (χ1v) is 9.61. The Balaban J connectivity index is 1.45. The second-order valence-corrected chi connectivity index (χ2v) is 6.79. The number of hydrogen-bond acceptors (Lipinski definition) is 4. The van der Waals surface area contributed by atoms with Gasteiger partial charge in [0.2, 0.25) is 5.91 Å². The molecule has 1 N–H and O–H groups in total. The summed E-state index contributed by atoms with van der Waals surface area (Å²) in [4.78, 5) is 16.7. The zero-order valence-corrected chi connectivity index (χ0v) is 15.6. The topological polar surface area (TPSA) is 51.2 Å². The molecule has 3 aromatic rings. The van der Waals surface area contributed by atoms with E-state index in [1.54, 1.807) is 11.3 Å². The highest BCUT2D eigenvalue weighted by Gasteiger charge is 2.07. The molecule has 0 atom stereocenters. The van der Waals surface area contributed by atoms with Gasteiger partial charge in [-0.15, -0.1) is 11.3 Å². The van der Waals surface area contributed by atoms with Gasteiger partial charge in [0.1, 0.15) is 10.8 Å². The van der Waals surface area contributed by atoms with E-state index in [1.807, 2.05) is 66.9 Å². The van der Waals surface area contributed by atoms with Crippen molar-refractivity contribution < 1.29 is 9.53 Å². The summed E-state index contributed by atoms with van der Waals surface area (Å²) in [6, 6.07) is 17.9. The molecule has 0 saturated heterocycles. The number of ether oxygens (including phenoxy) is 1. The Bertz CT molecular complexity index is 829. The Morgan fingerprint density at radius 2 is 1.88 bits per heavy atom. The number of nitrogens with zero attached hydrogens (tertiary/aromatic N) is 1. The first-order valence-electron chi connectivity index (χ1n) is 8.73. The maximum atomic E-state index is 12.1. The van der Waals surface area contributed by atoms with E-state index >= 15 is 0 Å². The summed E-state index contributed by atoms with van der Waals surface area (Å²) < 4.78 is 5.42. The SMILES string of the molecule is CCOc1ccc(CCC(=O)NCc2nc(-c3ccccc3)cs2)cc1. The number of aromatic nitrogens is 1. The maximum Gasteiger partial charge on any atom is 0.220 e. The van der Waals surface area contributed by atoms with Crippen LogP contribution in [0.25, 0.3) is 11.3 Å². The van der Waals surface area contributed by atoms with Crippen molar-refractivity contribution in [3.63, 3.8) is 0 Å². The van der Waals surface area contributed by atoms with Crippen molar-refractivity contribution in [3.05, 3.63) is 70.5 Å². The number of nitrogens with one attached hydrogen (secondary N) is 1. The molecule has 4 nitrogen and oxygen atoms in total. The van der Waals surface area contributed by atoms with Crippen LogP contribution >= 0.6 is 11.3 Å². The van der Waals surface area contributed by atoms with Crippen LogP contribution < -0.4 is 10.1 Å². The molecule has 0 saturated carbocycles. The van der Waals surface area contributed by atoms with Crippen molar-refractivity contribution in [2.45, 2.75) is 26.3 Å². The van der Waals surface area contributed by atoms with Gasteiger partial charge in [-0.2, -0.15) is 0 Å². The van der Waals surface area contributed by atoms with E-state index in [4.69, 9.17) is 4.74 Å². The van der Waals surface area contributed by atoms with E-state index in [1.165, 1.54) is 0 Å². The van der Waals surface area contributed by atoms with Gasteiger partial charge in [-0.1, -0.05) is 42.5 Å². The van der Waals surface area contributed by atoms with E-state index in [2.05, 4.69) is 10.3 Å². The Labute approximate surface area is 157 Å². The van der Waals surface area contributed by atoms with Crippen molar-refractivity contribution >= 4 is 17.2 Å². The standard InChI is InChI=1S/C21H22N2O2S/c1-2-25-18-11-8-16(9-12-18)10-13-20(24)22-14-21-23-19(15-26-21)17-6-4-3-5-7-17/h3-9,11-12,15H,2,10,13-14H2,1H3,(H,22,24). The molecule has 5 heteroatoms. The van der Waals surface area contributed by atoms with Crippen LogP contribution in [0, 0.1) is 0 Å². The van der Waals surface area contributed by atoms with Gasteiger partial charge in [0.15, 0.2) is 0 Å². The molecular formula is C21H22N2O2S. The molecule has 0 fully saturated rings. The van der Waals surface area contributed by atoms with Crippen molar-refractivity contribution in [2.75, 3.05) is 6.61 Å². The van der Waals surface area contributed by atoms with Crippen molar-refractivity contribution in [2.24, 2.45) is 0 Å². The summed E-state index contributed by atoms with van der Waals surface area (Å²) >= 11 is 1.57. The second kappa shape index (κ2) is 9.15. The van der Waals surface area contributed by atoms with Crippen LogP contribution in [-0.2, 0) is 17.8 Å². The summed E-state index contributed by atoms with van der Waals surface area (Å²) in [6.45, 7) is 3.09. The molecule has 0 bridgehead atoms. The first kappa shape index (κ1) is 18.1. The average Bonchev–Trinajstić information content (AvgIpc) is 3.16. The monoisotopic (exact) mass is 366 g/mol. The van der Waals surface area contributed by atoms with Gasteiger partial charge < -0.3 is 10.1 Å². The minimum absolute atomic E-state index is 0.0374. The maximum absolute atomic E-state index is 12.1. The fraction of sp³-hybridized carbons (Fsp3) is 0.238. The smallest absolute Gasteiger partial charge is 0.220 e. The van der Waals surface area contributed by atoms with Crippen LogP contribution in [0.1, 0.15) is 23.9 Å². The van der Waals surface area contributed by atoms with Gasteiger partial charge in [0, 0.05) is 17.4 Å². The second-order valence-electron chi connectivity index (χ2n) is 5.85. The number of hydrogen-bond donors (Lipinski definition) is 1. The molecule has 0 aliphatic carbocycles.